The average molecular weight is 308 g/mol. The van der Waals surface area contributed by atoms with Crippen LogP contribution >= 0.6 is 11.6 Å². The number of benzene rings is 2. The third kappa shape index (κ3) is 3.74. The van der Waals surface area contributed by atoms with Gasteiger partial charge in [-0.25, -0.2) is 4.39 Å². The van der Waals surface area contributed by atoms with Gasteiger partial charge in [0.05, 0.1) is 12.1 Å². The molecule has 0 saturated carbocycles. The van der Waals surface area contributed by atoms with Crippen molar-refractivity contribution in [3.63, 3.8) is 0 Å². The van der Waals surface area contributed by atoms with Crippen molar-refractivity contribution < 1.29 is 9.13 Å². The summed E-state index contributed by atoms with van der Waals surface area (Å²) in [5.74, 6) is 0.435. The van der Waals surface area contributed by atoms with Gasteiger partial charge in [0, 0.05) is 6.04 Å². The van der Waals surface area contributed by atoms with Gasteiger partial charge in [0.25, 0.3) is 0 Å². The normalized spacial score (nSPS) is 12.2. The lowest BCUT2D eigenvalue weighted by molar-refractivity contribution is 0.405. The minimum absolute atomic E-state index is 0.0606. The molecule has 0 aliphatic rings. The van der Waals surface area contributed by atoms with E-state index in [9.17, 15) is 4.39 Å². The summed E-state index contributed by atoms with van der Waals surface area (Å²) in [5, 5.41) is 3.54. The van der Waals surface area contributed by atoms with Crippen molar-refractivity contribution in [1.29, 1.82) is 0 Å². The lowest BCUT2D eigenvalue weighted by Gasteiger charge is -2.21. The summed E-state index contributed by atoms with van der Waals surface area (Å²) >= 11 is 6.12. The highest BCUT2D eigenvalue weighted by Gasteiger charge is 2.18. The predicted octanol–water partition coefficient (Wildman–Crippen LogP) is 4.38. The van der Waals surface area contributed by atoms with Gasteiger partial charge in [-0.3, -0.25) is 0 Å². The summed E-state index contributed by atoms with van der Waals surface area (Å²) in [5.41, 5.74) is 1.83. The Bertz CT molecular complexity index is 603. The van der Waals surface area contributed by atoms with Crippen LogP contribution in [-0.2, 0) is 6.42 Å². The molecule has 0 aromatic heterocycles. The van der Waals surface area contributed by atoms with Gasteiger partial charge in [-0.05, 0) is 36.2 Å². The van der Waals surface area contributed by atoms with Gasteiger partial charge >= 0.3 is 0 Å². The lowest BCUT2D eigenvalue weighted by Crippen LogP contribution is -2.23. The van der Waals surface area contributed by atoms with Crippen molar-refractivity contribution in [3.05, 3.63) is 64.4 Å². The van der Waals surface area contributed by atoms with Crippen molar-refractivity contribution in [3.8, 4) is 5.75 Å². The topological polar surface area (TPSA) is 21.3 Å². The molecule has 2 nitrogen and oxygen atoms in total. The van der Waals surface area contributed by atoms with Crippen molar-refractivity contribution in [2.24, 2.45) is 0 Å². The van der Waals surface area contributed by atoms with E-state index < -0.39 is 5.82 Å². The Labute approximate surface area is 129 Å². The van der Waals surface area contributed by atoms with E-state index in [-0.39, 0.29) is 11.1 Å². The summed E-state index contributed by atoms with van der Waals surface area (Å²) in [6.07, 6.45) is 0.682. The van der Waals surface area contributed by atoms with E-state index in [1.807, 2.05) is 37.3 Å². The first-order chi connectivity index (χ1) is 10.2. The van der Waals surface area contributed by atoms with E-state index >= 15 is 0 Å². The molecule has 0 amide bonds. The minimum atomic E-state index is -0.392. The number of ether oxygens (including phenoxy) is 1. The highest BCUT2D eigenvalue weighted by molar-refractivity contribution is 6.31. The van der Waals surface area contributed by atoms with Crippen LogP contribution in [0.5, 0.6) is 5.75 Å². The van der Waals surface area contributed by atoms with Gasteiger partial charge in [-0.15, -0.1) is 0 Å². The number of para-hydroxylation sites is 1. The van der Waals surface area contributed by atoms with Gasteiger partial charge in [0.15, 0.2) is 0 Å². The minimum Gasteiger partial charge on any atom is -0.496 e. The molecular weight excluding hydrogens is 289 g/mol. The molecule has 0 radical (unpaired) electrons. The second-order valence-electron chi connectivity index (χ2n) is 4.77. The van der Waals surface area contributed by atoms with Gasteiger partial charge in [0.1, 0.15) is 11.6 Å². The van der Waals surface area contributed by atoms with Crippen LogP contribution in [-0.4, -0.2) is 13.7 Å². The molecule has 0 bridgehead atoms. The van der Waals surface area contributed by atoms with Gasteiger partial charge in [-0.1, -0.05) is 48.9 Å². The maximum Gasteiger partial charge on any atom is 0.142 e. The van der Waals surface area contributed by atoms with E-state index in [0.717, 1.165) is 23.4 Å². The van der Waals surface area contributed by atoms with Gasteiger partial charge in [0.2, 0.25) is 0 Å². The van der Waals surface area contributed by atoms with Gasteiger partial charge < -0.3 is 10.1 Å². The Kier molecular flexibility index (Phi) is 5.59. The molecule has 0 aliphatic carbocycles. The summed E-state index contributed by atoms with van der Waals surface area (Å²) in [7, 11) is 1.65. The molecule has 2 rings (SSSR count). The largest absolute Gasteiger partial charge is 0.496 e. The number of hydrogen-bond donors (Lipinski definition) is 1. The summed E-state index contributed by atoms with van der Waals surface area (Å²) in [6.45, 7) is 2.79. The Morgan fingerprint density at radius 3 is 2.67 bits per heavy atom. The third-order valence-electron chi connectivity index (χ3n) is 3.42. The SMILES string of the molecule is CCNC(Cc1ccccc1OC)c1cccc(F)c1Cl. The molecule has 0 aliphatic heterocycles. The second-order valence-corrected chi connectivity index (χ2v) is 5.15. The fourth-order valence-corrected chi connectivity index (χ4v) is 2.68. The fourth-order valence-electron chi connectivity index (χ4n) is 2.42. The standard InChI is InChI=1S/C17H19ClFNO/c1-3-20-15(13-8-6-9-14(19)17(13)18)11-12-7-4-5-10-16(12)21-2/h4-10,15,20H,3,11H2,1-2H3. The first-order valence-corrected chi connectivity index (χ1v) is 7.34. The van der Waals surface area contributed by atoms with Crippen LogP contribution in [0.1, 0.15) is 24.1 Å². The van der Waals surface area contributed by atoms with Crippen molar-refractivity contribution in [2.75, 3.05) is 13.7 Å². The molecule has 112 valence electrons. The first-order valence-electron chi connectivity index (χ1n) is 6.96. The Hall–Kier alpha value is -1.58. The zero-order chi connectivity index (χ0) is 15.2. The summed E-state index contributed by atoms with van der Waals surface area (Å²) in [6, 6.07) is 12.7. The third-order valence-corrected chi connectivity index (χ3v) is 3.82. The molecule has 2 aromatic rings. The van der Waals surface area contributed by atoms with E-state index in [2.05, 4.69) is 5.32 Å². The second kappa shape index (κ2) is 7.43. The molecule has 0 spiro atoms. The molecular formula is C17H19ClFNO. The molecule has 0 heterocycles. The molecule has 4 heteroatoms. The highest BCUT2D eigenvalue weighted by Crippen LogP contribution is 2.30. The van der Waals surface area contributed by atoms with Crippen LogP contribution in [0, 0.1) is 5.82 Å². The highest BCUT2D eigenvalue weighted by atomic mass is 35.5. The van der Waals surface area contributed by atoms with Crippen molar-refractivity contribution >= 4 is 11.6 Å². The summed E-state index contributed by atoms with van der Waals surface area (Å²) in [4.78, 5) is 0. The number of methoxy groups -OCH3 is 1. The molecule has 1 N–H and O–H groups in total. The zero-order valence-corrected chi connectivity index (χ0v) is 13.0. The molecule has 1 atom stereocenters. The molecule has 1 unspecified atom stereocenters. The van der Waals surface area contributed by atoms with Crippen LogP contribution in [0.25, 0.3) is 0 Å². The monoisotopic (exact) mass is 307 g/mol. The van der Waals surface area contributed by atoms with E-state index in [4.69, 9.17) is 16.3 Å². The maximum absolute atomic E-state index is 13.7. The molecule has 0 fully saturated rings. The van der Waals surface area contributed by atoms with E-state index in [1.54, 1.807) is 13.2 Å². The average Bonchev–Trinajstić information content (AvgIpc) is 2.50. The number of halogens is 2. The van der Waals surface area contributed by atoms with Crippen LogP contribution in [0.4, 0.5) is 4.39 Å². The summed E-state index contributed by atoms with van der Waals surface area (Å²) < 4.78 is 19.1. The Morgan fingerprint density at radius 2 is 1.95 bits per heavy atom. The van der Waals surface area contributed by atoms with Crippen LogP contribution in [0.3, 0.4) is 0 Å². The maximum atomic E-state index is 13.7. The number of nitrogens with one attached hydrogen (secondary N) is 1. The number of hydrogen-bond acceptors (Lipinski definition) is 2. The predicted molar refractivity (Wildman–Crippen MR) is 84.5 cm³/mol. The van der Waals surface area contributed by atoms with Crippen molar-refractivity contribution in [1.82, 2.24) is 5.32 Å². The van der Waals surface area contributed by atoms with Gasteiger partial charge in [-0.2, -0.15) is 0 Å². The Morgan fingerprint density at radius 1 is 1.19 bits per heavy atom. The van der Waals surface area contributed by atoms with Crippen LogP contribution < -0.4 is 10.1 Å². The Balaban J connectivity index is 2.33. The quantitative estimate of drug-likeness (QED) is 0.855. The first kappa shape index (κ1) is 15.8. The van der Waals surface area contributed by atoms with E-state index in [1.165, 1.54) is 6.07 Å². The molecule has 21 heavy (non-hydrogen) atoms. The van der Waals surface area contributed by atoms with Crippen LogP contribution in [0.15, 0.2) is 42.5 Å². The smallest absolute Gasteiger partial charge is 0.142 e. The molecule has 0 saturated heterocycles. The number of likely N-dealkylation sites (N-methyl/N-ethyl adjacent to an activating group) is 1. The zero-order valence-electron chi connectivity index (χ0n) is 12.2. The van der Waals surface area contributed by atoms with Crippen molar-refractivity contribution in [2.45, 2.75) is 19.4 Å². The number of rotatable bonds is 6. The lowest BCUT2D eigenvalue weighted by atomic mass is 9.98. The van der Waals surface area contributed by atoms with E-state index in [0.29, 0.717) is 6.42 Å². The molecule has 2 aromatic carbocycles. The fraction of sp³-hybridized carbons (Fsp3) is 0.294. The van der Waals surface area contributed by atoms with Crippen LogP contribution in [0.2, 0.25) is 5.02 Å².